The maximum atomic E-state index is 12.6. The summed E-state index contributed by atoms with van der Waals surface area (Å²) in [5, 5.41) is 2.68. The number of ether oxygens (including phenoxy) is 2. The summed E-state index contributed by atoms with van der Waals surface area (Å²) < 4.78 is 37.6. The highest BCUT2D eigenvalue weighted by Crippen LogP contribution is 2.23. The maximum absolute atomic E-state index is 12.6. The van der Waals surface area contributed by atoms with Crippen LogP contribution >= 0.6 is 0 Å². The Morgan fingerprint density at radius 2 is 1.68 bits per heavy atom. The first-order valence-electron chi connectivity index (χ1n) is 9.25. The van der Waals surface area contributed by atoms with Crippen LogP contribution in [0.15, 0.2) is 53.4 Å². The summed E-state index contributed by atoms with van der Waals surface area (Å²) in [5.41, 5.74) is 0.417. The van der Waals surface area contributed by atoms with Crippen molar-refractivity contribution < 1.29 is 22.7 Å². The molecular weight excluding hydrogens is 380 g/mol. The van der Waals surface area contributed by atoms with E-state index in [1.165, 1.54) is 10.4 Å². The van der Waals surface area contributed by atoms with Gasteiger partial charge in [0, 0.05) is 18.8 Å². The summed E-state index contributed by atoms with van der Waals surface area (Å²) in [7, 11) is -3.52. The van der Waals surface area contributed by atoms with Gasteiger partial charge >= 0.3 is 0 Å². The quantitative estimate of drug-likeness (QED) is 0.731. The molecule has 0 unspecified atom stereocenters. The van der Waals surface area contributed by atoms with E-state index in [9.17, 15) is 13.2 Å². The third-order valence-electron chi connectivity index (χ3n) is 4.33. The summed E-state index contributed by atoms with van der Waals surface area (Å²) in [6.07, 6.45) is 1.75. The van der Waals surface area contributed by atoms with Crippen LogP contribution in [0.1, 0.15) is 19.8 Å². The molecule has 2 aromatic carbocycles. The lowest BCUT2D eigenvalue weighted by Crippen LogP contribution is -2.28. The van der Waals surface area contributed by atoms with Crippen molar-refractivity contribution in [2.45, 2.75) is 24.7 Å². The van der Waals surface area contributed by atoms with Gasteiger partial charge in [0.05, 0.1) is 11.5 Å². The Balaban J connectivity index is 1.58. The van der Waals surface area contributed by atoms with E-state index in [1.54, 1.807) is 42.5 Å². The van der Waals surface area contributed by atoms with Gasteiger partial charge in [-0.3, -0.25) is 4.79 Å². The molecule has 8 heteroatoms. The molecule has 2 aromatic rings. The average molecular weight is 404 g/mol. The number of hydrogen-bond donors (Lipinski definition) is 1. The number of benzene rings is 2. The number of carbonyl (C=O) groups excluding carboxylic acids is 1. The van der Waals surface area contributed by atoms with Crippen molar-refractivity contribution >= 4 is 21.6 Å². The van der Waals surface area contributed by atoms with Crippen LogP contribution in [0.2, 0.25) is 0 Å². The first-order valence-corrected chi connectivity index (χ1v) is 10.7. The number of hydrogen-bond acceptors (Lipinski definition) is 5. The van der Waals surface area contributed by atoms with E-state index in [-0.39, 0.29) is 17.4 Å². The van der Waals surface area contributed by atoms with E-state index in [0.717, 1.165) is 18.6 Å². The van der Waals surface area contributed by atoms with Crippen molar-refractivity contribution in [3.05, 3.63) is 48.5 Å². The maximum Gasteiger partial charge on any atom is 0.262 e. The molecule has 0 aromatic heterocycles. The van der Waals surface area contributed by atoms with Crippen LogP contribution < -0.4 is 14.8 Å². The summed E-state index contributed by atoms with van der Waals surface area (Å²) >= 11 is 0. The van der Waals surface area contributed by atoms with Crippen LogP contribution in [0.3, 0.4) is 0 Å². The van der Waals surface area contributed by atoms with Gasteiger partial charge < -0.3 is 14.8 Å². The van der Waals surface area contributed by atoms with Crippen molar-refractivity contribution in [2.75, 3.05) is 31.6 Å². The summed E-state index contributed by atoms with van der Waals surface area (Å²) in [5.74, 6) is 0.906. The Hall–Kier alpha value is -2.58. The van der Waals surface area contributed by atoms with Crippen LogP contribution in [0, 0.1) is 0 Å². The fraction of sp³-hybridized carbons (Fsp3) is 0.350. The predicted molar refractivity (Wildman–Crippen MR) is 106 cm³/mol. The Bertz CT molecular complexity index is 906. The van der Waals surface area contributed by atoms with E-state index in [0.29, 0.717) is 31.1 Å². The first-order chi connectivity index (χ1) is 13.5. The highest BCUT2D eigenvalue weighted by molar-refractivity contribution is 7.89. The smallest absolute Gasteiger partial charge is 0.262 e. The van der Waals surface area contributed by atoms with Crippen LogP contribution in [0.5, 0.6) is 11.5 Å². The predicted octanol–water partition coefficient (Wildman–Crippen LogP) is 2.89. The largest absolute Gasteiger partial charge is 0.494 e. The van der Waals surface area contributed by atoms with Gasteiger partial charge in [0.1, 0.15) is 11.5 Å². The van der Waals surface area contributed by atoms with Gasteiger partial charge in [0.15, 0.2) is 6.61 Å². The molecule has 1 saturated heterocycles. The normalized spacial score (nSPS) is 14.6. The zero-order valence-corrected chi connectivity index (χ0v) is 16.6. The molecule has 150 valence electrons. The molecule has 0 bridgehead atoms. The molecule has 0 atom stereocenters. The van der Waals surface area contributed by atoms with Crippen molar-refractivity contribution in [2.24, 2.45) is 0 Å². The summed E-state index contributed by atoms with van der Waals surface area (Å²) in [4.78, 5) is 12.3. The Labute approximate surface area is 165 Å². The number of nitrogens with one attached hydrogen (secondary N) is 1. The van der Waals surface area contributed by atoms with E-state index >= 15 is 0 Å². The van der Waals surface area contributed by atoms with E-state index in [2.05, 4.69) is 5.32 Å². The SMILES string of the molecule is CCOc1ccc(OCC(=O)Nc2cccc(S(=O)(=O)N3CCCC3)c2)cc1. The molecule has 28 heavy (non-hydrogen) atoms. The van der Waals surface area contributed by atoms with E-state index in [1.807, 2.05) is 6.92 Å². The zero-order valence-electron chi connectivity index (χ0n) is 15.8. The molecule has 0 aliphatic carbocycles. The monoisotopic (exact) mass is 404 g/mol. The Morgan fingerprint density at radius 1 is 1.04 bits per heavy atom. The van der Waals surface area contributed by atoms with E-state index < -0.39 is 10.0 Å². The van der Waals surface area contributed by atoms with Gasteiger partial charge in [0.25, 0.3) is 5.91 Å². The molecule has 1 N–H and O–H groups in total. The molecule has 1 aliphatic rings. The van der Waals surface area contributed by atoms with Gasteiger partial charge in [-0.05, 0) is 62.2 Å². The number of rotatable bonds is 8. The molecule has 1 aliphatic heterocycles. The number of carbonyl (C=O) groups is 1. The van der Waals surface area contributed by atoms with Gasteiger partial charge in [-0.1, -0.05) is 6.07 Å². The molecule has 0 radical (unpaired) electrons. The molecule has 1 heterocycles. The average Bonchev–Trinajstić information content (AvgIpc) is 3.24. The molecule has 1 amide bonds. The second-order valence-electron chi connectivity index (χ2n) is 6.38. The third-order valence-corrected chi connectivity index (χ3v) is 6.22. The van der Waals surface area contributed by atoms with Crippen LogP contribution in [-0.2, 0) is 14.8 Å². The second-order valence-corrected chi connectivity index (χ2v) is 8.32. The van der Waals surface area contributed by atoms with Crippen molar-refractivity contribution in [1.29, 1.82) is 0 Å². The van der Waals surface area contributed by atoms with Gasteiger partial charge in [0.2, 0.25) is 10.0 Å². The third kappa shape index (κ3) is 5.02. The molecule has 0 saturated carbocycles. The van der Waals surface area contributed by atoms with E-state index in [4.69, 9.17) is 9.47 Å². The summed E-state index contributed by atoms with van der Waals surface area (Å²) in [6, 6.07) is 13.3. The number of amides is 1. The number of nitrogens with zero attached hydrogens (tertiary/aromatic N) is 1. The molecule has 0 spiro atoms. The topological polar surface area (TPSA) is 84.9 Å². The standard InChI is InChI=1S/C20H24N2O5S/c1-2-26-17-8-10-18(11-9-17)27-15-20(23)21-16-6-5-7-19(14-16)28(24,25)22-12-3-4-13-22/h5-11,14H,2-4,12-13,15H2,1H3,(H,21,23). The number of anilines is 1. The van der Waals surface area contributed by atoms with Crippen molar-refractivity contribution in [3.63, 3.8) is 0 Å². The van der Waals surface area contributed by atoms with Gasteiger partial charge in [-0.2, -0.15) is 4.31 Å². The minimum absolute atomic E-state index is 0.180. The van der Waals surface area contributed by atoms with Gasteiger partial charge in [-0.15, -0.1) is 0 Å². The summed E-state index contributed by atoms with van der Waals surface area (Å²) in [6.45, 7) is 3.37. The zero-order chi connectivity index (χ0) is 20.0. The molecule has 1 fully saturated rings. The molecule has 3 rings (SSSR count). The highest BCUT2D eigenvalue weighted by atomic mass is 32.2. The Morgan fingerprint density at radius 3 is 2.32 bits per heavy atom. The number of sulfonamides is 1. The van der Waals surface area contributed by atoms with Crippen LogP contribution in [-0.4, -0.2) is 44.9 Å². The lowest BCUT2D eigenvalue weighted by atomic mass is 10.3. The minimum Gasteiger partial charge on any atom is -0.494 e. The van der Waals surface area contributed by atoms with Crippen LogP contribution in [0.25, 0.3) is 0 Å². The van der Waals surface area contributed by atoms with Crippen LogP contribution in [0.4, 0.5) is 5.69 Å². The molecule has 7 nitrogen and oxygen atoms in total. The lowest BCUT2D eigenvalue weighted by Gasteiger charge is -2.16. The minimum atomic E-state index is -3.52. The second kappa shape index (κ2) is 9.07. The van der Waals surface area contributed by atoms with Crippen molar-refractivity contribution in [3.8, 4) is 11.5 Å². The highest BCUT2D eigenvalue weighted by Gasteiger charge is 2.27. The Kier molecular flexibility index (Phi) is 6.53. The van der Waals surface area contributed by atoms with Crippen molar-refractivity contribution in [1.82, 2.24) is 4.31 Å². The fourth-order valence-corrected chi connectivity index (χ4v) is 4.52. The fourth-order valence-electron chi connectivity index (χ4n) is 2.96. The van der Waals surface area contributed by atoms with Gasteiger partial charge in [-0.25, -0.2) is 8.42 Å². The molecular formula is C20H24N2O5S. The lowest BCUT2D eigenvalue weighted by molar-refractivity contribution is -0.118. The first kappa shape index (κ1) is 20.2.